The molecule has 0 aliphatic carbocycles. The van der Waals surface area contributed by atoms with Crippen molar-refractivity contribution in [1.82, 2.24) is 29.8 Å². The van der Waals surface area contributed by atoms with Crippen LogP contribution >= 0.6 is 11.3 Å². The molecule has 0 unspecified atom stereocenters. The van der Waals surface area contributed by atoms with Gasteiger partial charge in [-0.2, -0.15) is 0 Å². The van der Waals surface area contributed by atoms with Gasteiger partial charge in [0.2, 0.25) is 0 Å². The minimum absolute atomic E-state index is 0.306. The van der Waals surface area contributed by atoms with E-state index in [1.165, 1.54) is 5.69 Å². The number of nitrogens with zero attached hydrogens (tertiary/aromatic N) is 6. The number of ether oxygens (including phenoxy) is 1. The summed E-state index contributed by atoms with van der Waals surface area (Å²) in [6, 6.07) is 0. The maximum absolute atomic E-state index is 5.90. The fourth-order valence-electron chi connectivity index (χ4n) is 2.94. The standard InChI is InChI=1S/C15H24N6OS/c1-19(2)5-6-22-11-12-8-21(10-14-16-4-7-23-14)9-13-15(12)20(3)18-17-13/h4,7,12H,5-6,8-11H2,1-3H3/t12-/m1/s1. The molecule has 1 aliphatic heterocycles. The Kier molecular flexibility index (Phi) is 5.37. The molecule has 0 saturated carbocycles. The van der Waals surface area contributed by atoms with Crippen LogP contribution in [-0.2, 0) is 24.9 Å². The summed E-state index contributed by atoms with van der Waals surface area (Å²) in [4.78, 5) is 8.91. The average Bonchev–Trinajstić information content (AvgIpc) is 3.14. The van der Waals surface area contributed by atoms with Crippen LogP contribution in [0.2, 0.25) is 0 Å². The van der Waals surface area contributed by atoms with Gasteiger partial charge in [-0.25, -0.2) is 4.98 Å². The maximum atomic E-state index is 5.90. The molecule has 1 aliphatic rings. The Bertz CT molecular complexity index is 612. The summed E-state index contributed by atoms with van der Waals surface area (Å²) in [5.41, 5.74) is 2.28. The summed E-state index contributed by atoms with van der Waals surface area (Å²) in [6.07, 6.45) is 1.86. The molecule has 3 rings (SSSR count). The number of aryl methyl sites for hydroxylation is 1. The first-order valence-corrected chi connectivity index (χ1v) is 8.73. The van der Waals surface area contributed by atoms with Crippen molar-refractivity contribution in [3.8, 4) is 0 Å². The van der Waals surface area contributed by atoms with Crippen LogP contribution in [0.15, 0.2) is 11.6 Å². The monoisotopic (exact) mass is 336 g/mol. The van der Waals surface area contributed by atoms with Crippen LogP contribution in [0.5, 0.6) is 0 Å². The molecule has 126 valence electrons. The first kappa shape index (κ1) is 16.5. The van der Waals surface area contributed by atoms with Crippen LogP contribution in [0.1, 0.15) is 22.3 Å². The lowest BCUT2D eigenvalue weighted by Crippen LogP contribution is -2.36. The summed E-state index contributed by atoms with van der Waals surface area (Å²) >= 11 is 1.70. The zero-order valence-corrected chi connectivity index (χ0v) is 14.8. The van der Waals surface area contributed by atoms with Gasteiger partial charge in [0.15, 0.2) is 0 Å². The molecule has 3 heterocycles. The second kappa shape index (κ2) is 7.48. The minimum Gasteiger partial charge on any atom is -0.379 e. The van der Waals surface area contributed by atoms with E-state index in [0.29, 0.717) is 12.5 Å². The minimum atomic E-state index is 0.306. The molecule has 0 radical (unpaired) electrons. The normalized spacial score (nSPS) is 18.5. The number of hydrogen-bond donors (Lipinski definition) is 0. The summed E-state index contributed by atoms with van der Waals surface area (Å²) < 4.78 is 7.80. The van der Waals surface area contributed by atoms with Gasteiger partial charge in [0.05, 0.1) is 25.5 Å². The third kappa shape index (κ3) is 4.14. The van der Waals surface area contributed by atoms with Crippen LogP contribution in [0.3, 0.4) is 0 Å². The van der Waals surface area contributed by atoms with Crippen molar-refractivity contribution in [1.29, 1.82) is 0 Å². The molecule has 0 saturated heterocycles. The van der Waals surface area contributed by atoms with E-state index in [1.807, 2.05) is 23.3 Å². The largest absolute Gasteiger partial charge is 0.379 e. The highest BCUT2D eigenvalue weighted by Gasteiger charge is 2.30. The Labute approximate surface area is 140 Å². The lowest BCUT2D eigenvalue weighted by atomic mass is 9.99. The number of rotatable bonds is 7. The van der Waals surface area contributed by atoms with E-state index in [0.717, 1.165) is 43.5 Å². The number of thiazole rings is 1. The van der Waals surface area contributed by atoms with Gasteiger partial charge < -0.3 is 9.64 Å². The molecular formula is C15H24N6OS. The lowest BCUT2D eigenvalue weighted by Gasteiger charge is -2.31. The summed E-state index contributed by atoms with van der Waals surface area (Å²) in [6.45, 7) is 5.04. The highest BCUT2D eigenvalue weighted by atomic mass is 32.1. The molecule has 0 bridgehead atoms. The maximum Gasteiger partial charge on any atom is 0.107 e. The Morgan fingerprint density at radius 3 is 3.04 bits per heavy atom. The number of fused-ring (bicyclic) bond motifs is 1. The predicted octanol–water partition coefficient (Wildman–Crippen LogP) is 0.949. The molecule has 23 heavy (non-hydrogen) atoms. The van der Waals surface area contributed by atoms with Crippen LogP contribution in [0.25, 0.3) is 0 Å². The molecule has 0 N–H and O–H groups in total. The Morgan fingerprint density at radius 1 is 1.43 bits per heavy atom. The van der Waals surface area contributed by atoms with E-state index in [9.17, 15) is 0 Å². The van der Waals surface area contributed by atoms with Crippen molar-refractivity contribution in [2.45, 2.75) is 19.0 Å². The molecule has 8 heteroatoms. The van der Waals surface area contributed by atoms with Crippen LogP contribution in [0.4, 0.5) is 0 Å². The number of likely N-dealkylation sites (N-methyl/N-ethyl adjacent to an activating group) is 1. The summed E-state index contributed by atoms with van der Waals surface area (Å²) in [7, 11) is 6.08. The van der Waals surface area contributed by atoms with Crippen molar-refractivity contribution in [2.75, 3.05) is 40.4 Å². The number of aromatic nitrogens is 4. The van der Waals surface area contributed by atoms with Gasteiger partial charge >= 0.3 is 0 Å². The van der Waals surface area contributed by atoms with E-state index in [1.54, 1.807) is 11.3 Å². The highest BCUT2D eigenvalue weighted by molar-refractivity contribution is 7.09. The second-order valence-corrected chi connectivity index (χ2v) is 7.19. The zero-order chi connectivity index (χ0) is 16.2. The van der Waals surface area contributed by atoms with Crippen LogP contribution in [0, 0.1) is 0 Å². The van der Waals surface area contributed by atoms with Crippen molar-refractivity contribution in [3.63, 3.8) is 0 Å². The molecule has 2 aromatic rings. The Balaban J connectivity index is 1.65. The lowest BCUT2D eigenvalue weighted by molar-refractivity contribution is 0.0834. The van der Waals surface area contributed by atoms with Crippen LogP contribution in [-0.4, -0.2) is 70.2 Å². The summed E-state index contributed by atoms with van der Waals surface area (Å²) in [5.74, 6) is 0.306. The Morgan fingerprint density at radius 2 is 2.30 bits per heavy atom. The summed E-state index contributed by atoms with van der Waals surface area (Å²) in [5, 5.41) is 11.7. The van der Waals surface area contributed by atoms with Crippen molar-refractivity contribution in [2.24, 2.45) is 7.05 Å². The third-order valence-corrected chi connectivity index (χ3v) is 4.79. The number of hydrogen-bond acceptors (Lipinski definition) is 7. The smallest absolute Gasteiger partial charge is 0.107 e. The first-order valence-electron chi connectivity index (χ1n) is 7.85. The average molecular weight is 336 g/mol. The van der Waals surface area contributed by atoms with E-state index in [2.05, 4.69) is 39.2 Å². The fraction of sp³-hybridized carbons (Fsp3) is 0.667. The SMILES string of the molecule is CN(C)CCOC[C@H]1CN(Cc2nccs2)Cc2nnn(C)c21. The molecular weight excluding hydrogens is 312 g/mol. The van der Waals surface area contributed by atoms with Crippen molar-refractivity contribution >= 4 is 11.3 Å². The van der Waals surface area contributed by atoms with Crippen molar-refractivity contribution < 1.29 is 4.74 Å². The van der Waals surface area contributed by atoms with Gasteiger partial charge in [-0.1, -0.05) is 5.21 Å². The van der Waals surface area contributed by atoms with E-state index in [-0.39, 0.29) is 0 Å². The molecule has 7 nitrogen and oxygen atoms in total. The molecule has 2 aromatic heterocycles. The molecule has 0 aromatic carbocycles. The van der Waals surface area contributed by atoms with E-state index < -0.39 is 0 Å². The molecule has 0 spiro atoms. The predicted molar refractivity (Wildman–Crippen MR) is 89.3 cm³/mol. The third-order valence-electron chi connectivity index (χ3n) is 4.03. The second-order valence-electron chi connectivity index (χ2n) is 6.22. The molecule has 0 fully saturated rings. The van der Waals surface area contributed by atoms with Gasteiger partial charge in [-0.3, -0.25) is 9.58 Å². The first-order chi connectivity index (χ1) is 11.1. The topological polar surface area (TPSA) is 59.3 Å². The van der Waals surface area contributed by atoms with Crippen LogP contribution < -0.4 is 0 Å². The van der Waals surface area contributed by atoms with Crippen molar-refractivity contribution in [3.05, 3.63) is 28.0 Å². The van der Waals surface area contributed by atoms with Gasteiger partial charge in [0.1, 0.15) is 10.7 Å². The van der Waals surface area contributed by atoms with Gasteiger partial charge in [0.25, 0.3) is 0 Å². The Hall–Kier alpha value is -1.35. The van der Waals surface area contributed by atoms with Gasteiger partial charge in [0, 0.05) is 44.2 Å². The fourth-order valence-corrected chi connectivity index (χ4v) is 3.60. The van der Waals surface area contributed by atoms with E-state index in [4.69, 9.17) is 4.74 Å². The van der Waals surface area contributed by atoms with Gasteiger partial charge in [-0.05, 0) is 14.1 Å². The van der Waals surface area contributed by atoms with E-state index >= 15 is 0 Å². The molecule has 1 atom stereocenters. The van der Waals surface area contributed by atoms with Gasteiger partial charge in [-0.15, -0.1) is 16.4 Å². The quantitative estimate of drug-likeness (QED) is 0.702. The highest BCUT2D eigenvalue weighted by Crippen LogP contribution is 2.28. The zero-order valence-electron chi connectivity index (χ0n) is 14.0. The molecule has 0 amide bonds.